The van der Waals surface area contributed by atoms with Crippen molar-refractivity contribution in [1.29, 1.82) is 0 Å². The van der Waals surface area contributed by atoms with Gasteiger partial charge in [0.25, 0.3) is 0 Å². The Morgan fingerprint density at radius 1 is 1.43 bits per heavy atom. The van der Waals surface area contributed by atoms with Crippen molar-refractivity contribution in [1.82, 2.24) is 15.0 Å². The van der Waals surface area contributed by atoms with E-state index < -0.39 is 0 Å². The number of nitrogens with zero attached hydrogens (tertiary/aromatic N) is 3. The lowest BCUT2D eigenvalue weighted by Crippen LogP contribution is -2.29. The summed E-state index contributed by atoms with van der Waals surface area (Å²) in [7, 11) is 1.73. The molecule has 1 fully saturated rings. The van der Waals surface area contributed by atoms with Crippen molar-refractivity contribution >= 4 is 15.9 Å². The molecule has 5 nitrogen and oxygen atoms in total. The fourth-order valence-corrected chi connectivity index (χ4v) is 2.68. The first kappa shape index (κ1) is 14.7. The van der Waals surface area contributed by atoms with E-state index >= 15 is 0 Å². The fraction of sp³-hybridized carbons (Fsp3) is 0.467. The second-order valence-corrected chi connectivity index (χ2v) is 6.13. The molecule has 1 heterocycles. The van der Waals surface area contributed by atoms with Crippen LogP contribution in [0.1, 0.15) is 18.7 Å². The zero-order valence-corrected chi connectivity index (χ0v) is 13.5. The van der Waals surface area contributed by atoms with Crippen LogP contribution in [0.5, 0.6) is 0 Å². The van der Waals surface area contributed by atoms with Crippen molar-refractivity contribution in [2.45, 2.75) is 25.4 Å². The summed E-state index contributed by atoms with van der Waals surface area (Å²) >= 11 is 3.45. The molecule has 1 saturated carbocycles. The van der Waals surface area contributed by atoms with Crippen LogP contribution in [0, 0.1) is 0 Å². The van der Waals surface area contributed by atoms with Gasteiger partial charge in [0.15, 0.2) is 0 Å². The zero-order valence-electron chi connectivity index (χ0n) is 12.0. The Morgan fingerprint density at radius 3 is 3.00 bits per heavy atom. The van der Waals surface area contributed by atoms with Crippen molar-refractivity contribution < 1.29 is 9.26 Å². The molecular formula is C15H18BrN3O2. The fourth-order valence-electron chi connectivity index (χ4n) is 2.28. The Morgan fingerprint density at radius 2 is 2.29 bits per heavy atom. The van der Waals surface area contributed by atoms with E-state index in [1.807, 2.05) is 24.3 Å². The summed E-state index contributed by atoms with van der Waals surface area (Å²) in [6.07, 6.45) is 2.49. The average molecular weight is 352 g/mol. The van der Waals surface area contributed by atoms with Crippen LogP contribution in [0.25, 0.3) is 11.4 Å². The van der Waals surface area contributed by atoms with Crippen LogP contribution in [0.3, 0.4) is 0 Å². The first-order valence-electron chi connectivity index (χ1n) is 7.08. The number of ether oxygens (including phenoxy) is 1. The lowest BCUT2D eigenvalue weighted by atomic mass is 10.2. The van der Waals surface area contributed by atoms with Crippen molar-refractivity contribution in [3.8, 4) is 11.4 Å². The molecular weight excluding hydrogens is 334 g/mol. The van der Waals surface area contributed by atoms with Gasteiger partial charge in [0.05, 0.1) is 13.2 Å². The molecule has 0 spiro atoms. The molecule has 3 rings (SSSR count). The van der Waals surface area contributed by atoms with Gasteiger partial charge >= 0.3 is 0 Å². The van der Waals surface area contributed by atoms with E-state index in [0.29, 0.717) is 24.3 Å². The monoisotopic (exact) mass is 351 g/mol. The third-order valence-electron chi connectivity index (χ3n) is 3.54. The normalized spacial score (nSPS) is 14.8. The quantitative estimate of drug-likeness (QED) is 0.766. The van der Waals surface area contributed by atoms with E-state index in [-0.39, 0.29) is 0 Å². The van der Waals surface area contributed by atoms with Crippen LogP contribution in [0.2, 0.25) is 0 Å². The Bertz CT molecular complexity index is 598. The van der Waals surface area contributed by atoms with Crippen LogP contribution in [0.4, 0.5) is 0 Å². The Balaban J connectivity index is 1.69. The molecule has 0 atom stereocenters. The molecule has 1 aliphatic rings. The smallest absolute Gasteiger partial charge is 0.241 e. The van der Waals surface area contributed by atoms with E-state index in [9.17, 15) is 0 Å². The first-order chi connectivity index (χ1) is 10.3. The SMILES string of the molecule is COCCN(Cc1nc(-c2cccc(Br)c2)no1)C1CC1. The molecule has 1 aliphatic carbocycles. The van der Waals surface area contributed by atoms with Crippen molar-refractivity contribution in [2.24, 2.45) is 0 Å². The number of hydrogen-bond acceptors (Lipinski definition) is 5. The van der Waals surface area contributed by atoms with Crippen molar-refractivity contribution in [3.63, 3.8) is 0 Å². The largest absolute Gasteiger partial charge is 0.383 e. The number of aromatic nitrogens is 2. The number of methoxy groups -OCH3 is 1. The minimum atomic E-state index is 0.633. The predicted octanol–water partition coefficient (Wildman–Crippen LogP) is 3.11. The highest BCUT2D eigenvalue weighted by atomic mass is 79.9. The molecule has 1 aromatic carbocycles. The highest BCUT2D eigenvalue weighted by Gasteiger charge is 2.29. The maximum absolute atomic E-state index is 5.39. The van der Waals surface area contributed by atoms with Gasteiger partial charge in [0, 0.05) is 29.7 Å². The van der Waals surface area contributed by atoms with Gasteiger partial charge in [-0.05, 0) is 25.0 Å². The number of halogens is 1. The van der Waals surface area contributed by atoms with E-state index in [1.54, 1.807) is 7.11 Å². The van der Waals surface area contributed by atoms with Gasteiger partial charge in [-0.3, -0.25) is 4.90 Å². The Kier molecular flexibility index (Phi) is 4.67. The standard InChI is InChI=1S/C15H18BrN3O2/c1-20-8-7-19(13-5-6-13)10-14-17-15(18-21-14)11-3-2-4-12(16)9-11/h2-4,9,13H,5-8,10H2,1H3. The molecule has 0 unspecified atom stereocenters. The van der Waals surface area contributed by atoms with E-state index in [1.165, 1.54) is 12.8 Å². The Hall–Kier alpha value is -1.24. The molecule has 1 aromatic heterocycles. The maximum atomic E-state index is 5.39. The molecule has 21 heavy (non-hydrogen) atoms. The number of hydrogen-bond donors (Lipinski definition) is 0. The minimum Gasteiger partial charge on any atom is -0.383 e. The molecule has 6 heteroatoms. The Labute approximate surface area is 132 Å². The highest BCUT2D eigenvalue weighted by molar-refractivity contribution is 9.10. The lowest BCUT2D eigenvalue weighted by Gasteiger charge is -2.18. The summed E-state index contributed by atoms with van der Waals surface area (Å²) in [6, 6.07) is 8.54. The van der Waals surface area contributed by atoms with E-state index in [0.717, 1.165) is 23.2 Å². The third-order valence-corrected chi connectivity index (χ3v) is 4.03. The minimum absolute atomic E-state index is 0.633. The topological polar surface area (TPSA) is 51.4 Å². The molecule has 0 amide bonds. The summed E-state index contributed by atoms with van der Waals surface area (Å²) in [5.41, 5.74) is 0.953. The van der Waals surface area contributed by atoms with Crippen LogP contribution in [-0.2, 0) is 11.3 Å². The van der Waals surface area contributed by atoms with Gasteiger partial charge in [0.2, 0.25) is 11.7 Å². The van der Waals surface area contributed by atoms with Gasteiger partial charge in [0.1, 0.15) is 0 Å². The molecule has 0 saturated heterocycles. The molecule has 0 bridgehead atoms. The first-order valence-corrected chi connectivity index (χ1v) is 7.87. The van der Waals surface area contributed by atoms with Crippen molar-refractivity contribution in [2.75, 3.05) is 20.3 Å². The summed E-state index contributed by atoms with van der Waals surface area (Å²) in [5.74, 6) is 1.29. The predicted molar refractivity (Wildman–Crippen MR) is 82.7 cm³/mol. The summed E-state index contributed by atoms with van der Waals surface area (Å²) in [4.78, 5) is 6.85. The van der Waals surface area contributed by atoms with Crippen LogP contribution in [-0.4, -0.2) is 41.3 Å². The average Bonchev–Trinajstić information content (AvgIpc) is 3.22. The van der Waals surface area contributed by atoms with E-state index in [2.05, 4.69) is 31.0 Å². The van der Waals surface area contributed by atoms with Crippen LogP contribution >= 0.6 is 15.9 Å². The van der Waals surface area contributed by atoms with Gasteiger partial charge in [-0.15, -0.1) is 0 Å². The van der Waals surface area contributed by atoms with Gasteiger partial charge in [-0.1, -0.05) is 33.2 Å². The summed E-state index contributed by atoms with van der Waals surface area (Å²) < 4.78 is 11.6. The summed E-state index contributed by atoms with van der Waals surface area (Å²) in [5, 5.41) is 4.08. The van der Waals surface area contributed by atoms with Crippen molar-refractivity contribution in [3.05, 3.63) is 34.6 Å². The molecule has 0 N–H and O–H groups in total. The van der Waals surface area contributed by atoms with E-state index in [4.69, 9.17) is 9.26 Å². The number of benzene rings is 1. The zero-order chi connectivity index (χ0) is 14.7. The third kappa shape index (κ3) is 3.90. The van der Waals surface area contributed by atoms with Gasteiger partial charge in [-0.2, -0.15) is 4.98 Å². The second kappa shape index (κ2) is 6.68. The lowest BCUT2D eigenvalue weighted by molar-refractivity contribution is 0.131. The molecule has 2 aromatic rings. The van der Waals surface area contributed by atoms with Crippen LogP contribution < -0.4 is 0 Å². The molecule has 0 aliphatic heterocycles. The van der Waals surface area contributed by atoms with Crippen LogP contribution in [0.15, 0.2) is 33.3 Å². The van der Waals surface area contributed by atoms with Gasteiger partial charge in [-0.25, -0.2) is 0 Å². The van der Waals surface area contributed by atoms with Gasteiger partial charge < -0.3 is 9.26 Å². The molecule has 112 valence electrons. The highest BCUT2D eigenvalue weighted by Crippen LogP contribution is 2.28. The second-order valence-electron chi connectivity index (χ2n) is 5.22. The molecule has 0 radical (unpaired) electrons. The maximum Gasteiger partial charge on any atom is 0.241 e. The number of rotatable bonds is 7. The summed E-state index contributed by atoms with van der Waals surface area (Å²) in [6.45, 7) is 2.31.